The first-order valence-electron chi connectivity index (χ1n) is 9.88. The van der Waals surface area contributed by atoms with Gasteiger partial charge in [-0.05, 0) is 42.3 Å². The highest BCUT2D eigenvalue weighted by Gasteiger charge is 2.26. The van der Waals surface area contributed by atoms with Crippen molar-refractivity contribution >= 4 is 28.3 Å². The van der Waals surface area contributed by atoms with E-state index < -0.39 is 5.76 Å². The molecule has 1 fully saturated rings. The molecule has 0 aliphatic carbocycles. The van der Waals surface area contributed by atoms with E-state index in [0.717, 1.165) is 18.4 Å². The number of amides is 1. The second kappa shape index (κ2) is 7.91. The Balaban J connectivity index is 1.25. The van der Waals surface area contributed by atoms with Crippen LogP contribution in [0, 0.1) is 5.92 Å². The summed E-state index contributed by atoms with van der Waals surface area (Å²) in [5.74, 6) is 0.841. The Kier molecular flexibility index (Phi) is 4.96. The first-order chi connectivity index (χ1) is 14.7. The van der Waals surface area contributed by atoms with E-state index in [1.54, 1.807) is 29.5 Å². The molecule has 3 aromatic heterocycles. The number of hydrogen-bond donors (Lipinski definition) is 0. The molecule has 0 N–H and O–H groups in total. The quantitative estimate of drug-likeness (QED) is 0.488. The Morgan fingerprint density at radius 3 is 3.03 bits per heavy atom. The van der Waals surface area contributed by atoms with Crippen LogP contribution in [0.3, 0.4) is 0 Å². The zero-order valence-corrected chi connectivity index (χ0v) is 17.0. The van der Waals surface area contributed by atoms with E-state index in [1.807, 2.05) is 27.8 Å². The lowest BCUT2D eigenvalue weighted by Gasteiger charge is -2.32. The molecule has 0 spiro atoms. The highest BCUT2D eigenvalue weighted by molar-refractivity contribution is 7.08. The Morgan fingerprint density at radius 1 is 1.27 bits per heavy atom. The molecule has 1 atom stereocenters. The number of piperidine rings is 1. The number of likely N-dealkylation sites (tertiary alicyclic amines) is 1. The number of thiophene rings is 1. The van der Waals surface area contributed by atoms with Gasteiger partial charge in [0.2, 0.25) is 17.6 Å². The van der Waals surface area contributed by atoms with Crippen molar-refractivity contribution < 1.29 is 13.7 Å². The summed E-state index contributed by atoms with van der Waals surface area (Å²) in [6.07, 6.45) is 2.53. The molecule has 1 amide bonds. The average Bonchev–Trinajstić information content (AvgIpc) is 3.49. The number of hydrogen-bond acceptors (Lipinski definition) is 7. The Hall–Kier alpha value is -3.20. The molecule has 0 unspecified atom stereocenters. The molecule has 1 aliphatic rings. The zero-order chi connectivity index (χ0) is 20.5. The molecule has 1 aromatic carbocycles. The van der Waals surface area contributed by atoms with E-state index in [-0.39, 0.29) is 18.4 Å². The summed E-state index contributed by atoms with van der Waals surface area (Å²) in [6, 6.07) is 9.09. The van der Waals surface area contributed by atoms with Crippen molar-refractivity contribution in [3.63, 3.8) is 0 Å². The number of oxazole rings is 1. The van der Waals surface area contributed by atoms with Crippen LogP contribution in [0.1, 0.15) is 18.7 Å². The summed E-state index contributed by atoms with van der Waals surface area (Å²) in [6.45, 7) is 1.27. The maximum absolute atomic E-state index is 12.9. The number of fused-ring (bicyclic) bond motifs is 1. The van der Waals surface area contributed by atoms with Gasteiger partial charge in [-0.2, -0.15) is 16.3 Å². The molecular formula is C21H20N4O4S. The molecule has 30 heavy (non-hydrogen) atoms. The second-order valence-electron chi connectivity index (χ2n) is 7.50. The minimum atomic E-state index is -0.509. The van der Waals surface area contributed by atoms with Gasteiger partial charge in [0.1, 0.15) is 6.54 Å². The summed E-state index contributed by atoms with van der Waals surface area (Å²) in [7, 11) is 0. The minimum Gasteiger partial charge on any atom is -0.408 e. The first-order valence-corrected chi connectivity index (χ1v) is 10.8. The van der Waals surface area contributed by atoms with Gasteiger partial charge in [-0.15, -0.1) is 0 Å². The van der Waals surface area contributed by atoms with Crippen LogP contribution >= 0.6 is 11.3 Å². The summed E-state index contributed by atoms with van der Waals surface area (Å²) >= 11 is 1.59. The molecule has 0 saturated carbocycles. The van der Waals surface area contributed by atoms with Crippen LogP contribution in [0.15, 0.2) is 54.8 Å². The van der Waals surface area contributed by atoms with E-state index in [0.29, 0.717) is 42.3 Å². The standard InChI is InChI=1S/C21H20N4O4S/c26-19(12-25-16-5-1-2-6-17(16)28-21(25)27)24-8-3-4-14(11-24)10-18-22-20(23-29-18)15-7-9-30-13-15/h1-2,5-7,9,13-14H,3-4,8,10-12H2/t14-/m1/s1. The maximum Gasteiger partial charge on any atom is 0.420 e. The Morgan fingerprint density at radius 2 is 2.17 bits per heavy atom. The van der Waals surface area contributed by atoms with Crippen LogP contribution in [0.5, 0.6) is 0 Å². The fourth-order valence-corrected chi connectivity index (χ4v) is 4.59. The summed E-state index contributed by atoms with van der Waals surface area (Å²) < 4.78 is 12.0. The fourth-order valence-electron chi connectivity index (χ4n) is 3.95. The van der Waals surface area contributed by atoms with Crippen LogP contribution in [0.2, 0.25) is 0 Å². The number of carbonyl (C=O) groups excluding carboxylic acids is 1. The predicted octanol–water partition coefficient (Wildman–Crippen LogP) is 3.19. The van der Waals surface area contributed by atoms with Gasteiger partial charge in [0.15, 0.2) is 5.58 Å². The van der Waals surface area contributed by atoms with Crippen LogP contribution in [-0.2, 0) is 17.8 Å². The van der Waals surface area contributed by atoms with Crippen LogP contribution in [0.4, 0.5) is 0 Å². The first kappa shape index (κ1) is 18.8. The molecule has 8 nitrogen and oxygen atoms in total. The number of benzene rings is 1. The summed E-state index contributed by atoms with van der Waals surface area (Å²) in [4.78, 5) is 31.4. The SMILES string of the molecule is O=C(Cn1c(=O)oc2ccccc21)N1CCC[C@H](Cc2nc(-c3ccsc3)no2)C1. The van der Waals surface area contributed by atoms with Crippen LogP contribution in [-0.4, -0.2) is 38.6 Å². The molecule has 5 rings (SSSR count). The molecule has 0 radical (unpaired) electrons. The highest BCUT2D eigenvalue weighted by atomic mass is 32.1. The monoisotopic (exact) mass is 424 g/mol. The van der Waals surface area contributed by atoms with Gasteiger partial charge in [-0.3, -0.25) is 9.36 Å². The molecule has 9 heteroatoms. The van der Waals surface area contributed by atoms with Crippen molar-refractivity contribution in [2.24, 2.45) is 5.92 Å². The third-order valence-corrected chi connectivity index (χ3v) is 6.13. The predicted molar refractivity (Wildman–Crippen MR) is 111 cm³/mol. The third-order valence-electron chi connectivity index (χ3n) is 5.45. The number of rotatable bonds is 5. The second-order valence-corrected chi connectivity index (χ2v) is 8.28. The van der Waals surface area contributed by atoms with Crippen molar-refractivity contribution in [2.45, 2.75) is 25.8 Å². The highest BCUT2D eigenvalue weighted by Crippen LogP contribution is 2.23. The van der Waals surface area contributed by atoms with Crippen LogP contribution < -0.4 is 5.76 Å². The zero-order valence-electron chi connectivity index (χ0n) is 16.2. The van der Waals surface area contributed by atoms with Crippen molar-refractivity contribution in [1.29, 1.82) is 0 Å². The maximum atomic E-state index is 12.9. The van der Waals surface area contributed by atoms with Crippen molar-refractivity contribution in [3.8, 4) is 11.4 Å². The molecule has 1 aliphatic heterocycles. The van der Waals surface area contributed by atoms with E-state index in [2.05, 4.69) is 10.1 Å². The van der Waals surface area contributed by atoms with Crippen molar-refractivity contribution in [2.75, 3.05) is 13.1 Å². The van der Waals surface area contributed by atoms with Crippen LogP contribution in [0.25, 0.3) is 22.5 Å². The van der Waals surface area contributed by atoms with E-state index in [1.165, 1.54) is 4.57 Å². The van der Waals surface area contributed by atoms with Gasteiger partial charge >= 0.3 is 5.76 Å². The topological polar surface area (TPSA) is 94.4 Å². The molecule has 0 bridgehead atoms. The van der Waals surface area contributed by atoms with Crippen molar-refractivity contribution in [3.05, 3.63) is 57.5 Å². The van der Waals surface area contributed by atoms with Crippen molar-refractivity contribution in [1.82, 2.24) is 19.6 Å². The van der Waals surface area contributed by atoms with Gasteiger partial charge in [0.25, 0.3) is 0 Å². The number of para-hydroxylation sites is 2. The summed E-state index contributed by atoms with van der Waals surface area (Å²) in [5, 5.41) is 8.02. The van der Waals surface area contributed by atoms with Gasteiger partial charge < -0.3 is 13.8 Å². The minimum absolute atomic E-state index is 0.0224. The lowest BCUT2D eigenvalue weighted by Crippen LogP contribution is -2.42. The number of nitrogens with zero attached hydrogens (tertiary/aromatic N) is 4. The number of carbonyl (C=O) groups is 1. The normalized spacial score (nSPS) is 16.9. The van der Waals surface area contributed by atoms with Gasteiger partial charge in [0, 0.05) is 30.5 Å². The lowest BCUT2D eigenvalue weighted by molar-refractivity contribution is -0.133. The van der Waals surface area contributed by atoms with E-state index in [4.69, 9.17) is 8.94 Å². The lowest BCUT2D eigenvalue weighted by atomic mass is 9.94. The van der Waals surface area contributed by atoms with Gasteiger partial charge in [-0.1, -0.05) is 17.3 Å². The number of aromatic nitrogens is 3. The van der Waals surface area contributed by atoms with E-state index in [9.17, 15) is 9.59 Å². The molecule has 154 valence electrons. The average molecular weight is 424 g/mol. The van der Waals surface area contributed by atoms with E-state index >= 15 is 0 Å². The third kappa shape index (κ3) is 3.68. The fraction of sp³-hybridized carbons (Fsp3) is 0.333. The van der Waals surface area contributed by atoms with Gasteiger partial charge in [0.05, 0.1) is 5.52 Å². The molecule has 4 heterocycles. The Labute approximate surface area is 175 Å². The van der Waals surface area contributed by atoms with Gasteiger partial charge in [-0.25, -0.2) is 4.79 Å². The smallest absolute Gasteiger partial charge is 0.408 e. The largest absolute Gasteiger partial charge is 0.420 e. The molecule has 1 saturated heterocycles. The Bertz CT molecular complexity index is 1220. The molecular weight excluding hydrogens is 404 g/mol. The molecule has 4 aromatic rings. The summed E-state index contributed by atoms with van der Waals surface area (Å²) in [5.41, 5.74) is 2.08.